The molecule has 2 aromatic rings. The second kappa shape index (κ2) is 7.62. The highest BCUT2D eigenvalue weighted by molar-refractivity contribution is 6.10. The van der Waals surface area contributed by atoms with Gasteiger partial charge < -0.3 is 15.4 Å². The zero-order valence-corrected chi connectivity index (χ0v) is 16.4. The molecule has 0 saturated carbocycles. The molecule has 4 rings (SSSR count). The largest absolute Gasteiger partial charge is 0.465 e. The summed E-state index contributed by atoms with van der Waals surface area (Å²) in [5.41, 5.74) is 1.53. The van der Waals surface area contributed by atoms with Gasteiger partial charge in [-0.05, 0) is 54.7 Å². The van der Waals surface area contributed by atoms with E-state index in [1.54, 1.807) is 12.1 Å². The standard InChI is InChI=1S/C22H21N3O5/c1-30-19(27)15-8-10-16(11-9-15)23-18(26)13-25-20(28)22(24-21(25)29)12-4-6-14-5-2-3-7-17(14)22/h2-3,5,7-11H,4,6,12-13H2,1H3,(H,23,26)(H,24,29). The third-order valence-corrected chi connectivity index (χ3v) is 5.54. The van der Waals surface area contributed by atoms with Crippen molar-refractivity contribution in [3.8, 4) is 0 Å². The Morgan fingerprint density at radius 3 is 2.60 bits per heavy atom. The van der Waals surface area contributed by atoms with Crippen LogP contribution < -0.4 is 10.6 Å². The number of nitrogens with one attached hydrogen (secondary N) is 2. The van der Waals surface area contributed by atoms with Crippen molar-refractivity contribution in [2.24, 2.45) is 0 Å². The summed E-state index contributed by atoms with van der Waals surface area (Å²) >= 11 is 0. The van der Waals surface area contributed by atoms with E-state index in [1.165, 1.54) is 19.2 Å². The number of carbonyl (C=O) groups excluding carboxylic acids is 4. The van der Waals surface area contributed by atoms with Crippen molar-refractivity contribution in [1.82, 2.24) is 10.2 Å². The van der Waals surface area contributed by atoms with Crippen LogP contribution in [0.15, 0.2) is 48.5 Å². The van der Waals surface area contributed by atoms with Gasteiger partial charge in [-0.15, -0.1) is 0 Å². The summed E-state index contributed by atoms with van der Waals surface area (Å²) in [6, 6.07) is 13.1. The van der Waals surface area contributed by atoms with E-state index >= 15 is 0 Å². The van der Waals surface area contributed by atoms with Crippen molar-refractivity contribution in [3.63, 3.8) is 0 Å². The molecule has 1 spiro atoms. The van der Waals surface area contributed by atoms with E-state index in [4.69, 9.17) is 0 Å². The Balaban J connectivity index is 1.48. The number of amides is 4. The number of nitrogens with zero attached hydrogens (tertiary/aromatic N) is 1. The fourth-order valence-electron chi connectivity index (χ4n) is 4.11. The fraction of sp³-hybridized carbons (Fsp3) is 0.273. The predicted octanol–water partition coefficient (Wildman–Crippen LogP) is 2.20. The SMILES string of the molecule is COC(=O)c1ccc(NC(=O)CN2C(=O)NC3(CCCc4ccccc43)C2=O)cc1. The molecule has 2 N–H and O–H groups in total. The number of benzene rings is 2. The van der Waals surface area contributed by atoms with Crippen LogP contribution in [-0.2, 0) is 26.3 Å². The summed E-state index contributed by atoms with van der Waals surface area (Å²) in [7, 11) is 1.29. The van der Waals surface area contributed by atoms with Crippen LogP contribution >= 0.6 is 0 Å². The second-order valence-electron chi connectivity index (χ2n) is 7.35. The van der Waals surface area contributed by atoms with Crippen LogP contribution in [0.5, 0.6) is 0 Å². The van der Waals surface area contributed by atoms with Gasteiger partial charge in [-0.1, -0.05) is 24.3 Å². The minimum atomic E-state index is -1.10. The van der Waals surface area contributed by atoms with Crippen molar-refractivity contribution < 1.29 is 23.9 Å². The second-order valence-corrected chi connectivity index (χ2v) is 7.35. The quantitative estimate of drug-likeness (QED) is 0.597. The Morgan fingerprint density at radius 2 is 1.87 bits per heavy atom. The van der Waals surface area contributed by atoms with E-state index in [-0.39, 0.29) is 0 Å². The number of methoxy groups -OCH3 is 1. The number of anilines is 1. The summed E-state index contributed by atoms with van der Waals surface area (Å²) in [6.07, 6.45) is 2.13. The van der Waals surface area contributed by atoms with Crippen molar-refractivity contribution >= 4 is 29.5 Å². The lowest BCUT2D eigenvalue weighted by molar-refractivity contribution is -0.134. The van der Waals surface area contributed by atoms with Crippen LogP contribution in [-0.4, -0.2) is 42.4 Å². The number of hydrogen-bond acceptors (Lipinski definition) is 5. The van der Waals surface area contributed by atoms with E-state index in [1.807, 2.05) is 24.3 Å². The first-order valence-corrected chi connectivity index (χ1v) is 9.65. The molecule has 0 radical (unpaired) electrons. The van der Waals surface area contributed by atoms with Crippen LogP contribution in [0.3, 0.4) is 0 Å². The lowest BCUT2D eigenvalue weighted by Crippen LogP contribution is -2.47. The highest BCUT2D eigenvalue weighted by Crippen LogP contribution is 2.39. The van der Waals surface area contributed by atoms with Crippen LogP contribution in [0, 0.1) is 0 Å². The predicted molar refractivity (Wildman–Crippen MR) is 108 cm³/mol. The van der Waals surface area contributed by atoms with Crippen LogP contribution in [0.2, 0.25) is 0 Å². The normalized spacial score (nSPS) is 20.0. The third-order valence-electron chi connectivity index (χ3n) is 5.54. The molecule has 1 aliphatic heterocycles. The summed E-state index contributed by atoms with van der Waals surface area (Å²) in [6.45, 7) is -0.395. The van der Waals surface area contributed by atoms with Gasteiger partial charge in [-0.2, -0.15) is 0 Å². The Morgan fingerprint density at radius 1 is 1.13 bits per heavy atom. The first-order chi connectivity index (χ1) is 14.4. The molecule has 8 nitrogen and oxygen atoms in total. The number of carbonyl (C=O) groups is 4. The molecule has 1 aliphatic carbocycles. The first-order valence-electron chi connectivity index (χ1n) is 9.65. The van der Waals surface area contributed by atoms with Gasteiger partial charge in [0.25, 0.3) is 5.91 Å². The van der Waals surface area contributed by atoms with Crippen LogP contribution in [0.25, 0.3) is 0 Å². The number of urea groups is 1. The van der Waals surface area contributed by atoms with Gasteiger partial charge >= 0.3 is 12.0 Å². The van der Waals surface area contributed by atoms with E-state index in [0.717, 1.165) is 28.9 Å². The molecule has 154 valence electrons. The van der Waals surface area contributed by atoms with Gasteiger partial charge in [0.1, 0.15) is 12.1 Å². The van der Waals surface area contributed by atoms with Crippen molar-refractivity contribution in [1.29, 1.82) is 0 Å². The number of hydrogen-bond donors (Lipinski definition) is 2. The average Bonchev–Trinajstić information content (AvgIpc) is 2.98. The number of ether oxygens (including phenoxy) is 1. The average molecular weight is 407 g/mol. The first kappa shape index (κ1) is 19.6. The smallest absolute Gasteiger partial charge is 0.337 e. The minimum absolute atomic E-state index is 0.350. The van der Waals surface area contributed by atoms with Gasteiger partial charge in [0.15, 0.2) is 0 Å². The molecule has 0 aromatic heterocycles. The summed E-state index contributed by atoms with van der Waals surface area (Å²) in [5.74, 6) is -1.40. The van der Waals surface area contributed by atoms with Gasteiger partial charge in [-0.3, -0.25) is 14.5 Å². The van der Waals surface area contributed by atoms with Crippen LogP contribution in [0.4, 0.5) is 10.5 Å². The summed E-state index contributed by atoms with van der Waals surface area (Å²) in [4.78, 5) is 50.7. The van der Waals surface area contributed by atoms with Crippen molar-refractivity contribution in [2.75, 3.05) is 19.0 Å². The minimum Gasteiger partial charge on any atom is -0.465 e. The molecule has 1 saturated heterocycles. The molecule has 4 amide bonds. The van der Waals surface area contributed by atoms with Crippen molar-refractivity contribution in [3.05, 3.63) is 65.2 Å². The third kappa shape index (κ3) is 3.30. The van der Waals surface area contributed by atoms with E-state index < -0.39 is 35.9 Å². The molecule has 8 heteroatoms. The number of imide groups is 1. The zero-order chi connectivity index (χ0) is 21.3. The van der Waals surface area contributed by atoms with Crippen LogP contribution in [0.1, 0.15) is 34.3 Å². The Labute approximate surface area is 173 Å². The lowest BCUT2D eigenvalue weighted by Gasteiger charge is -2.33. The fourth-order valence-corrected chi connectivity index (χ4v) is 4.11. The number of aryl methyl sites for hydroxylation is 1. The molecule has 1 heterocycles. The monoisotopic (exact) mass is 407 g/mol. The maximum absolute atomic E-state index is 13.2. The highest BCUT2D eigenvalue weighted by Gasteiger charge is 2.54. The summed E-state index contributed by atoms with van der Waals surface area (Å²) < 4.78 is 4.63. The summed E-state index contributed by atoms with van der Waals surface area (Å²) in [5, 5.41) is 5.47. The topological polar surface area (TPSA) is 105 Å². The van der Waals surface area contributed by atoms with E-state index in [0.29, 0.717) is 17.7 Å². The van der Waals surface area contributed by atoms with E-state index in [9.17, 15) is 19.2 Å². The zero-order valence-electron chi connectivity index (χ0n) is 16.4. The molecule has 1 unspecified atom stereocenters. The Hall–Kier alpha value is -3.68. The molecular weight excluding hydrogens is 386 g/mol. The molecule has 2 aliphatic rings. The Kier molecular flexibility index (Phi) is 4.99. The van der Waals surface area contributed by atoms with Crippen molar-refractivity contribution in [2.45, 2.75) is 24.8 Å². The Bertz CT molecular complexity index is 1030. The van der Waals surface area contributed by atoms with Gasteiger partial charge in [0, 0.05) is 5.69 Å². The number of rotatable bonds is 4. The van der Waals surface area contributed by atoms with Gasteiger partial charge in [-0.25, -0.2) is 9.59 Å². The lowest BCUT2D eigenvalue weighted by atomic mass is 9.76. The molecule has 1 atom stereocenters. The number of fused-ring (bicyclic) bond motifs is 2. The molecule has 0 bridgehead atoms. The maximum Gasteiger partial charge on any atom is 0.337 e. The van der Waals surface area contributed by atoms with Gasteiger partial charge in [0.05, 0.1) is 12.7 Å². The molecule has 30 heavy (non-hydrogen) atoms. The molecular formula is C22H21N3O5. The highest BCUT2D eigenvalue weighted by atomic mass is 16.5. The van der Waals surface area contributed by atoms with Gasteiger partial charge in [0.2, 0.25) is 5.91 Å². The maximum atomic E-state index is 13.2. The molecule has 2 aromatic carbocycles. The molecule has 1 fully saturated rings. The van der Waals surface area contributed by atoms with E-state index in [2.05, 4.69) is 15.4 Å². The number of esters is 1.